The van der Waals surface area contributed by atoms with Gasteiger partial charge in [-0.15, -0.1) is 0 Å². The Morgan fingerprint density at radius 3 is 2.95 bits per heavy atom. The van der Waals surface area contributed by atoms with Crippen LogP contribution in [0.25, 0.3) is 0 Å². The van der Waals surface area contributed by atoms with Gasteiger partial charge in [0, 0.05) is 5.92 Å². The predicted octanol–water partition coefficient (Wildman–Crippen LogP) is 2.49. The molecule has 0 amide bonds. The fourth-order valence-corrected chi connectivity index (χ4v) is 3.01. The van der Waals surface area contributed by atoms with Gasteiger partial charge in [-0.3, -0.25) is 0 Å². The number of aromatic nitrogens is 2. The summed E-state index contributed by atoms with van der Waals surface area (Å²) in [6.45, 7) is 0. The maximum Gasteiger partial charge on any atom is 0.229 e. The number of hydrogen-bond donors (Lipinski definition) is 1. The van der Waals surface area contributed by atoms with Gasteiger partial charge < -0.3 is 10.3 Å². The molecule has 4 heteroatoms. The minimum atomic E-state index is -0.578. The molecule has 1 fully saturated rings. The summed E-state index contributed by atoms with van der Waals surface area (Å²) in [5.74, 6) is 1.90. The lowest BCUT2D eigenvalue weighted by molar-refractivity contribution is 0.349. The second-order valence-corrected chi connectivity index (χ2v) is 5.71. The zero-order valence-electron chi connectivity index (χ0n) is 10.8. The van der Waals surface area contributed by atoms with Crippen LogP contribution in [0.5, 0.6) is 0 Å². The molecule has 1 heterocycles. The van der Waals surface area contributed by atoms with Crippen molar-refractivity contribution in [2.45, 2.75) is 43.6 Å². The van der Waals surface area contributed by atoms with Crippen LogP contribution in [-0.4, -0.2) is 10.1 Å². The van der Waals surface area contributed by atoms with Crippen molar-refractivity contribution < 1.29 is 4.52 Å². The Balaban J connectivity index is 1.80. The first-order valence-electron chi connectivity index (χ1n) is 6.99. The molecule has 0 radical (unpaired) electrons. The van der Waals surface area contributed by atoms with Crippen molar-refractivity contribution in [2.24, 2.45) is 5.73 Å². The summed E-state index contributed by atoms with van der Waals surface area (Å²) in [6, 6.07) is 8.35. The third kappa shape index (κ3) is 1.70. The van der Waals surface area contributed by atoms with Gasteiger partial charge in [0.05, 0.1) is 0 Å². The number of nitrogens with zero attached hydrogens (tertiary/aromatic N) is 2. The molecular formula is C15H17N3O. The Hall–Kier alpha value is -1.68. The molecule has 2 aromatic rings. The van der Waals surface area contributed by atoms with E-state index in [1.165, 1.54) is 5.56 Å². The normalized spacial score (nSPS) is 26.2. The average Bonchev–Trinajstić information content (AvgIpc) is 3.16. The van der Waals surface area contributed by atoms with Gasteiger partial charge in [0.25, 0.3) is 0 Å². The summed E-state index contributed by atoms with van der Waals surface area (Å²) in [7, 11) is 0. The Kier molecular flexibility index (Phi) is 2.30. The minimum Gasteiger partial charge on any atom is -0.339 e. The van der Waals surface area contributed by atoms with E-state index in [-0.39, 0.29) is 0 Å². The largest absolute Gasteiger partial charge is 0.339 e. The first kappa shape index (κ1) is 11.2. The van der Waals surface area contributed by atoms with Crippen LogP contribution in [0, 0.1) is 0 Å². The molecule has 0 aliphatic heterocycles. The summed E-state index contributed by atoms with van der Waals surface area (Å²) in [4.78, 5) is 4.56. The maximum atomic E-state index is 6.64. The number of benzene rings is 1. The van der Waals surface area contributed by atoms with Crippen molar-refractivity contribution in [3.63, 3.8) is 0 Å². The summed E-state index contributed by atoms with van der Waals surface area (Å²) in [5.41, 5.74) is 8.53. The fourth-order valence-electron chi connectivity index (χ4n) is 3.01. The van der Waals surface area contributed by atoms with E-state index in [4.69, 9.17) is 10.3 Å². The van der Waals surface area contributed by atoms with Crippen LogP contribution in [0.2, 0.25) is 0 Å². The predicted molar refractivity (Wildman–Crippen MR) is 70.6 cm³/mol. The van der Waals surface area contributed by atoms with E-state index in [1.54, 1.807) is 0 Å². The molecule has 1 atom stereocenters. The molecule has 4 nitrogen and oxygen atoms in total. The molecule has 2 aliphatic rings. The molecule has 1 saturated carbocycles. The van der Waals surface area contributed by atoms with Crippen molar-refractivity contribution in [3.05, 3.63) is 47.1 Å². The lowest BCUT2D eigenvalue weighted by Crippen LogP contribution is -2.42. The van der Waals surface area contributed by atoms with E-state index in [9.17, 15) is 0 Å². The first-order valence-corrected chi connectivity index (χ1v) is 6.99. The quantitative estimate of drug-likeness (QED) is 0.895. The highest BCUT2D eigenvalue weighted by atomic mass is 16.5. The van der Waals surface area contributed by atoms with Gasteiger partial charge in [0.1, 0.15) is 5.54 Å². The van der Waals surface area contributed by atoms with Crippen LogP contribution in [0.4, 0.5) is 0 Å². The molecule has 2 aliphatic carbocycles. The summed E-state index contributed by atoms with van der Waals surface area (Å²) in [5, 5.41) is 4.16. The second kappa shape index (κ2) is 3.90. The summed E-state index contributed by atoms with van der Waals surface area (Å²) < 4.78 is 5.38. The number of nitrogens with two attached hydrogens (primary N) is 1. The van der Waals surface area contributed by atoms with Gasteiger partial charge in [-0.05, 0) is 43.2 Å². The molecular weight excluding hydrogens is 238 g/mol. The zero-order valence-corrected chi connectivity index (χ0v) is 10.8. The van der Waals surface area contributed by atoms with Crippen LogP contribution in [0.1, 0.15) is 54.4 Å². The van der Waals surface area contributed by atoms with Gasteiger partial charge in [0.2, 0.25) is 5.89 Å². The van der Waals surface area contributed by atoms with Crippen molar-refractivity contribution in [1.82, 2.24) is 10.1 Å². The van der Waals surface area contributed by atoms with Gasteiger partial charge in [-0.2, -0.15) is 4.98 Å². The summed E-state index contributed by atoms with van der Waals surface area (Å²) in [6.07, 6.45) is 5.36. The highest BCUT2D eigenvalue weighted by Crippen LogP contribution is 2.41. The van der Waals surface area contributed by atoms with E-state index in [0.717, 1.165) is 43.6 Å². The van der Waals surface area contributed by atoms with Crippen molar-refractivity contribution in [2.75, 3.05) is 0 Å². The molecule has 0 spiro atoms. The van der Waals surface area contributed by atoms with Crippen LogP contribution >= 0.6 is 0 Å². The number of fused-ring (bicyclic) bond motifs is 1. The van der Waals surface area contributed by atoms with Gasteiger partial charge in [-0.1, -0.05) is 29.4 Å². The standard InChI is InChI=1S/C15H17N3O/c16-15(14-17-13(19-18-14)11-7-8-11)9-3-5-10-4-1-2-6-12(10)15/h1-2,4,6,11H,3,5,7-9,16H2. The Labute approximate surface area is 112 Å². The topological polar surface area (TPSA) is 64.9 Å². The van der Waals surface area contributed by atoms with Crippen LogP contribution < -0.4 is 5.73 Å². The minimum absolute atomic E-state index is 0.476. The summed E-state index contributed by atoms with van der Waals surface area (Å²) >= 11 is 0. The monoisotopic (exact) mass is 255 g/mol. The molecule has 98 valence electrons. The van der Waals surface area contributed by atoms with Crippen LogP contribution in [-0.2, 0) is 12.0 Å². The van der Waals surface area contributed by atoms with Gasteiger partial charge in [-0.25, -0.2) is 0 Å². The molecule has 1 aromatic heterocycles. The molecule has 0 bridgehead atoms. The molecule has 1 aromatic carbocycles. The van der Waals surface area contributed by atoms with E-state index in [1.807, 2.05) is 6.07 Å². The SMILES string of the molecule is NC1(c2noc(C3CC3)n2)CCCc2ccccc21. The molecule has 0 saturated heterocycles. The van der Waals surface area contributed by atoms with Gasteiger partial charge in [0.15, 0.2) is 5.82 Å². The molecule has 1 unspecified atom stereocenters. The number of hydrogen-bond acceptors (Lipinski definition) is 4. The van der Waals surface area contributed by atoms with Crippen LogP contribution in [0.3, 0.4) is 0 Å². The zero-order chi connectivity index (χ0) is 12.9. The van der Waals surface area contributed by atoms with E-state index in [2.05, 4.69) is 28.3 Å². The first-order chi connectivity index (χ1) is 9.27. The van der Waals surface area contributed by atoms with Gasteiger partial charge >= 0.3 is 0 Å². The van der Waals surface area contributed by atoms with Crippen molar-refractivity contribution in [1.29, 1.82) is 0 Å². The van der Waals surface area contributed by atoms with E-state index < -0.39 is 5.54 Å². The number of aryl methyl sites for hydroxylation is 1. The highest BCUT2D eigenvalue weighted by molar-refractivity contribution is 5.40. The van der Waals surface area contributed by atoms with E-state index >= 15 is 0 Å². The second-order valence-electron chi connectivity index (χ2n) is 5.71. The lowest BCUT2D eigenvalue weighted by atomic mass is 9.77. The Morgan fingerprint density at radius 2 is 2.11 bits per heavy atom. The lowest BCUT2D eigenvalue weighted by Gasteiger charge is -2.32. The van der Waals surface area contributed by atoms with Crippen molar-refractivity contribution in [3.8, 4) is 0 Å². The molecule has 2 N–H and O–H groups in total. The third-order valence-corrected chi connectivity index (χ3v) is 4.28. The van der Waals surface area contributed by atoms with Crippen molar-refractivity contribution >= 4 is 0 Å². The maximum absolute atomic E-state index is 6.64. The average molecular weight is 255 g/mol. The van der Waals surface area contributed by atoms with E-state index in [0.29, 0.717) is 11.7 Å². The Bertz CT molecular complexity index is 617. The third-order valence-electron chi connectivity index (χ3n) is 4.28. The van der Waals surface area contributed by atoms with Crippen LogP contribution in [0.15, 0.2) is 28.8 Å². The molecule has 19 heavy (non-hydrogen) atoms. The smallest absolute Gasteiger partial charge is 0.229 e. The number of rotatable bonds is 2. The Morgan fingerprint density at radius 1 is 1.26 bits per heavy atom. The molecule has 4 rings (SSSR count). The highest BCUT2D eigenvalue weighted by Gasteiger charge is 2.40. The fraction of sp³-hybridized carbons (Fsp3) is 0.467.